The number of aryl methyl sites for hydroxylation is 1. The molecule has 0 spiro atoms. The van der Waals surface area contributed by atoms with E-state index in [4.69, 9.17) is 4.74 Å². The van der Waals surface area contributed by atoms with Crippen LogP contribution in [0.4, 0.5) is 5.69 Å². The third-order valence-corrected chi connectivity index (χ3v) is 3.63. The van der Waals surface area contributed by atoms with E-state index in [1.807, 2.05) is 18.2 Å². The van der Waals surface area contributed by atoms with Gasteiger partial charge in [0.15, 0.2) is 0 Å². The summed E-state index contributed by atoms with van der Waals surface area (Å²) in [6, 6.07) is 5.91. The number of ether oxygens (including phenoxy) is 1. The summed E-state index contributed by atoms with van der Waals surface area (Å²) in [7, 11) is 0. The summed E-state index contributed by atoms with van der Waals surface area (Å²) in [6.07, 6.45) is 1.26. The van der Waals surface area contributed by atoms with Crippen molar-refractivity contribution in [3.8, 4) is 0 Å². The largest absolute Gasteiger partial charge is 0.375 e. The molecule has 1 unspecified atom stereocenters. The molecule has 19 heavy (non-hydrogen) atoms. The van der Waals surface area contributed by atoms with Crippen LogP contribution in [0.15, 0.2) is 22.7 Å². The average Bonchev–Trinajstić information content (AvgIpc) is 2.42. The van der Waals surface area contributed by atoms with Crippen molar-refractivity contribution in [3.05, 3.63) is 28.2 Å². The maximum absolute atomic E-state index is 12.0. The minimum atomic E-state index is -0.0192. The Balaban J connectivity index is 1.94. The van der Waals surface area contributed by atoms with E-state index in [1.54, 1.807) is 0 Å². The molecule has 0 aromatic heterocycles. The van der Waals surface area contributed by atoms with E-state index < -0.39 is 0 Å². The molecule has 1 amide bonds. The molecule has 2 rings (SSSR count). The Labute approximate surface area is 122 Å². The van der Waals surface area contributed by atoms with Crippen molar-refractivity contribution in [1.82, 2.24) is 5.32 Å². The van der Waals surface area contributed by atoms with Crippen molar-refractivity contribution in [1.29, 1.82) is 0 Å². The van der Waals surface area contributed by atoms with Crippen LogP contribution in [0.5, 0.6) is 0 Å². The van der Waals surface area contributed by atoms with Gasteiger partial charge in [0.25, 0.3) is 0 Å². The molecule has 0 saturated carbocycles. The van der Waals surface area contributed by atoms with E-state index in [1.165, 1.54) is 0 Å². The Kier molecular flexibility index (Phi) is 5.36. The van der Waals surface area contributed by atoms with Crippen LogP contribution < -0.4 is 10.6 Å². The number of morpholine rings is 1. The van der Waals surface area contributed by atoms with Gasteiger partial charge in [-0.2, -0.15) is 0 Å². The predicted octanol–water partition coefficient (Wildman–Crippen LogP) is 2.33. The maximum Gasteiger partial charge on any atom is 0.227 e. The highest BCUT2D eigenvalue weighted by Gasteiger charge is 2.17. The topological polar surface area (TPSA) is 50.4 Å². The standard InChI is InChI=1S/C14H19BrN2O2/c1-2-10-7-11(15)3-4-13(10)17-14(18)8-12-9-16-5-6-19-12/h3-4,7,12,16H,2,5-6,8-9H2,1H3,(H,17,18). The molecule has 2 N–H and O–H groups in total. The van der Waals surface area contributed by atoms with E-state index >= 15 is 0 Å². The van der Waals surface area contributed by atoms with E-state index in [0.29, 0.717) is 13.0 Å². The highest BCUT2D eigenvalue weighted by Crippen LogP contribution is 2.22. The van der Waals surface area contributed by atoms with Gasteiger partial charge >= 0.3 is 0 Å². The number of hydrogen-bond acceptors (Lipinski definition) is 3. The van der Waals surface area contributed by atoms with E-state index in [0.717, 1.165) is 35.2 Å². The van der Waals surface area contributed by atoms with Crippen molar-refractivity contribution in [2.45, 2.75) is 25.9 Å². The number of hydrogen-bond donors (Lipinski definition) is 2. The molecule has 0 aliphatic carbocycles. The Hall–Kier alpha value is -0.910. The van der Waals surface area contributed by atoms with Crippen LogP contribution in [-0.2, 0) is 16.0 Å². The molecule has 0 bridgehead atoms. The molecule has 5 heteroatoms. The normalized spacial score (nSPS) is 19.2. The van der Waals surface area contributed by atoms with E-state index in [-0.39, 0.29) is 12.0 Å². The minimum absolute atomic E-state index is 0.00530. The van der Waals surface area contributed by atoms with E-state index in [9.17, 15) is 4.79 Å². The van der Waals surface area contributed by atoms with Crippen molar-refractivity contribution >= 4 is 27.5 Å². The lowest BCUT2D eigenvalue weighted by Gasteiger charge is -2.23. The maximum atomic E-state index is 12.0. The van der Waals surface area contributed by atoms with Gasteiger partial charge in [-0.15, -0.1) is 0 Å². The lowest BCUT2D eigenvalue weighted by molar-refractivity contribution is -0.119. The first-order valence-corrected chi connectivity index (χ1v) is 7.39. The summed E-state index contributed by atoms with van der Waals surface area (Å²) in [5.41, 5.74) is 2.02. The number of amides is 1. The summed E-state index contributed by atoms with van der Waals surface area (Å²) >= 11 is 3.44. The van der Waals surface area contributed by atoms with Gasteiger partial charge < -0.3 is 15.4 Å². The van der Waals surface area contributed by atoms with Gasteiger partial charge in [0.2, 0.25) is 5.91 Å². The molecule has 1 aliphatic rings. The molecule has 1 heterocycles. The number of benzene rings is 1. The number of carbonyl (C=O) groups is 1. The fraction of sp³-hybridized carbons (Fsp3) is 0.500. The zero-order valence-corrected chi connectivity index (χ0v) is 12.6. The molecule has 1 atom stereocenters. The van der Waals surface area contributed by atoms with E-state index in [2.05, 4.69) is 33.5 Å². The monoisotopic (exact) mass is 326 g/mol. The number of halogens is 1. The molecule has 1 fully saturated rings. The average molecular weight is 327 g/mol. The Morgan fingerprint density at radius 3 is 3.11 bits per heavy atom. The summed E-state index contributed by atoms with van der Waals surface area (Å²) in [5.74, 6) is 0.00530. The highest BCUT2D eigenvalue weighted by atomic mass is 79.9. The highest BCUT2D eigenvalue weighted by molar-refractivity contribution is 9.10. The van der Waals surface area contributed by atoms with Gasteiger partial charge in [-0.1, -0.05) is 22.9 Å². The van der Waals surface area contributed by atoms with Crippen LogP contribution in [0.25, 0.3) is 0 Å². The van der Waals surface area contributed by atoms with Crippen LogP contribution >= 0.6 is 15.9 Å². The fourth-order valence-corrected chi connectivity index (χ4v) is 2.54. The van der Waals surface area contributed by atoms with Crippen molar-refractivity contribution in [3.63, 3.8) is 0 Å². The van der Waals surface area contributed by atoms with Gasteiger partial charge in [0.05, 0.1) is 19.1 Å². The molecule has 1 saturated heterocycles. The Morgan fingerprint density at radius 1 is 1.58 bits per heavy atom. The van der Waals surface area contributed by atoms with Gasteiger partial charge in [0, 0.05) is 23.2 Å². The Bertz CT molecular complexity index is 445. The second-order valence-electron chi connectivity index (χ2n) is 4.60. The molecule has 1 aromatic carbocycles. The molecular formula is C14H19BrN2O2. The molecular weight excluding hydrogens is 308 g/mol. The van der Waals surface area contributed by atoms with Crippen LogP contribution in [0.1, 0.15) is 18.9 Å². The van der Waals surface area contributed by atoms with Gasteiger partial charge in [-0.3, -0.25) is 4.79 Å². The number of carbonyl (C=O) groups excluding carboxylic acids is 1. The molecule has 4 nitrogen and oxygen atoms in total. The van der Waals surface area contributed by atoms with Crippen LogP contribution in [-0.4, -0.2) is 31.7 Å². The SMILES string of the molecule is CCc1cc(Br)ccc1NC(=O)CC1CNCCO1. The van der Waals surface area contributed by atoms with Crippen LogP contribution in [0.2, 0.25) is 0 Å². The van der Waals surface area contributed by atoms with Gasteiger partial charge in [0.1, 0.15) is 0 Å². The third kappa shape index (κ3) is 4.30. The first kappa shape index (κ1) is 14.5. The number of rotatable bonds is 4. The molecule has 104 valence electrons. The zero-order valence-electron chi connectivity index (χ0n) is 11.0. The van der Waals surface area contributed by atoms with Crippen molar-refractivity contribution in [2.24, 2.45) is 0 Å². The first-order chi connectivity index (χ1) is 9.19. The quantitative estimate of drug-likeness (QED) is 0.892. The summed E-state index contributed by atoms with van der Waals surface area (Å²) in [5, 5.41) is 6.19. The minimum Gasteiger partial charge on any atom is -0.375 e. The second-order valence-corrected chi connectivity index (χ2v) is 5.52. The predicted molar refractivity (Wildman–Crippen MR) is 79.4 cm³/mol. The Morgan fingerprint density at radius 2 is 2.42 bits per heavy atom. The molecule has 1 aliphatic heterocycles. The molecule has 1 aromatic rings. The number of anilines is 1. The third-order valence-electron chi connectivity index (χ3n) is 3.14. The smallest absolute Gasteiger partial charge is 0.227 e. The lowest BCUT2D eigenvalue weighted by Crippen LogP contribution is -2.40. The van der Waals surface area contributed by atoms with Gasteiger partial charge in [-0.25, -0.2) is 0 Å². The fourth-order valence-electron chi connectivity index (χ4n) is 2.14. The summed E-state index contributed by atoms with van der Waals surface area (Å²) in [4.78, 5) is 12.0. The van der Waals surface area contributed by atoms with Crippen molar-refractivity contribution < 1.29 is 9.53 Å². The summed E-state index contributed by atoms with van der Waals surface area (Å²) < 4.78 is 6.56. The summed E-state index contributed by atoms with van der Waals surface area (Å²) in [6.45, 7) is 4.36. The second kappa shape index (κ2) is 7.03. The zero-order chi connectivity index (χ0) is 13.7. The lowest BCUT2D eigenvalue weighted by atomic mass is 10.1. The van der Waals surface area contributed by atoms with Crippen LogP contribution in [0, 0.1) is 0 Å². The first-order valence-electron chi connectivity index (χ1n) is 6.59. The van der Waals surface area contributed by atoms with Gasteiger partial charge in [-0.05, 0) is 30.2 Å². The van der Waals surface area contributed by atoms with Crippen molar-refractivity contribution in [2.75, 3.05) is 25.0 Å². The molecule has 0 radical (unpaired) electrons. The van der Waals surface area contributed by atoms with Crippen LogP contribution in [0.3, 0.4) is 0 Å². The number of nitrogens with one attached hydrogen (secondary N) is 2.